The van der Waals surface area contributed by atoms with Crippen molar-refractivity contribution in [2.45, 2.75) is 38.3 Å². The molecule has 1 N–H and O–H groups in total. The molecule has 0 aliphatic carbocycles. The van der Waals surface area contributed by atoms with Crippen LogP contribution < -0.4 is 20.6 Å². The predicted molar refractivity (Wildman–Crippen MR) is 123 cm³/mol. The lowest BCUT2D eigenvalue weighted by Gasteiger charge is -2.19. The van der Waals surface area contributed by atoms with E-state index in [9.17, 15) is 31.5 Å². The van der Waals surface area contributed by atoms with E-state index in [1.54, 1.807) is 5.10 Å². The Bertz CT molecular complexity index is 1570. The number of nitrogens with zero attached hydrogens (tertiary/aromatic N) is 5. The Labute approximate surface area is 210 Å². The Morgan fingerprint density at radius 1 is 1.11 bits per heavy atom. The summed E-state index contributed by atoms with van der Waals surface area (Å²) >= 11 is 0. The van der Waals surface area contributed by atoms with E-state index in [1.807, 2.05) is 0 Å². The lowest BCUT2D eigenvalue weighted by molar-refractivity contribution is -0.140. The summed E-state index contributed by atoms with van der Waals surface area (Å²) < 4.78 is 80.1. The molecule has 3 heterocycles. The third-order valence-electron chi connectivity index (χ3n) is 5.43. The van der Waals surface area contributed by atoms with Crippen LogP contribution in [0.25, 0.3) is 22.3 Å². The van der Waals surface area contributed by atoms with E-state index in [4.69, 9.17) is 9.47 Å². The second kappa shape index (κ2) is 10.5. The van der Waals surface area contributed by atoms with Crippen LogP contribution in [0.5, 0.6) is 11.5 Å². The molecule has 2 atom stereocenters. The van der Waals surface area contributed by atoms with E-state index in [1.165, 1.54) is 32.5 Å². The van der Waals surface area contributed by atoms with Gasteiger partial charge in [-0.1, -0.05) is 0 Å². The van der Waals surface area contributed by atoms with Crippen molar-refractivity contribution in [3.63, 3.8) is 0 Å². The topological polar surface area (TPSA) is 125 Å². The van der Waals surface area contributed by atoms with Gasteiger partial charge in [0.15, 0.2) is 22.9 Å². The highest BCUT2D eigenvalue weighted by molar-refractivity contribution is 5.82. The average molecular weight is 538 g/mol. The van der Waals surface area contributed by atoms with E-state index >= 15 is 0 Å². The van der Waals surface area contributed by atoms with Crippen LogP contribution in [0.15, 0.2) is 46.6 Å². The van der Waals surface area contributed by atoms with Crippen LogP contribution in [0.3, 0.4) is 0 Å². The molecule has 3 aromatic heterocycles. The minimum absolute atomic E-state index is 0.00777. The highest BCUT2D eigenvalue weighted by Crippen LogP contribution is 2.33. The minimum Gasteiger partial charge on any atom is -0.494 e. The van der Waals surface area contributed by atoms with Crippen molar-refractivity contribution in [1.29, 1.82) is 0 Å². The number of fused-ring (bicyclic) bond motifs is 1. The van der Waals surface area contributed by atoms with Gasteiger partial charge in [0.25, 0.3) is 11.1 Å². The molecule has 0 unspecified atom stereocenters. The van der Waals surface area contributed by atoms with E-state index in [0.717, 1.165) is 17.0 Å². The summed E-state index contributed by atoms with van der Waals surface area (Å²) in [4.78, 5) is 36.5. The number of halogens is 5. The number of benzene rings is 1. The van der Waals surface area contributed by atoms with Gasteiger partial charge in [0.2, 0.25) is 0 Å². The molecular weight excluding hydrogens is 519 g/mol. The molecular formula is C23H19F5N6O4. The molecule has 0 aliphatic rings. The van der Waals surface area contributed by atoms with Crippen molar-refractivity contribution >= 4 is 10.9 Å². The summed E-state index contributed by atoms with van der Waals surface area (Å²) in [6.45, 7) is 0.771. The first-order chi connectivity index (χ1) is 18.0. The molecule has 0 fully saturated rings. The number of rotatable bonds is 8. The number of aromatic nitrogens is 6. The maximum absolute atomic E-state index is 14.8. The second-order valence-corrected chi connectivity index (χ2v) is 8.20. The fourth-order valence-electron chi connectivity index (χ4n) is 3.69. The number of aromatic amines is 1. The van der Waals surface area contributed by atoms with E-state index in [-0.39, 0.29) is 22.3 Å². The van der Waals surface area contributed by atoms with Gasteiger partial charge in [-0.2, -0.15) is 18.3 Å². The fourth-order valence-corrected chi connectivity index (χ4v) is 3.69. The van der Waals surface area contributed by atoms with Gasteiger partial charge in [0, 0.05) is 6.42 Å². The highest BCUT2D eigenvalue weighted by atomic mass is 19.4. The van der Waals surface area contributed by atoms with Gasteiger partial charge in [-0.3, -0.25) is 14.2 Å². The normalized spacial score (nSPS) is 13.3. The third-order valence-corrected chi connectivity index (χ3v) is 5.43. The predicted octanol–water partition coefficient (Wildman–Crippen LogP) is 3.30. The maximum Gasteiger partial charge on any atom is 0.425 e. The Kier molecular flexibility index (Phi) is 7.37. The molecule has 4 aromatic rings. The largest absolute Gasteiger partial charge is 0.494 e. The smallest absolute Gasteiger partial charge is 0.425 e. The summed E-state index contributed by atoms with van der Waals surface area (Å²) in [6, 6.07) is 2.23. The number of hydrogen-bond donors (Lipinski definition) is 1. The van der Waals surface area contributed by atoms with Gasteiger partial charge < -0.3 is 9.47 Å². The first kappa shape index (κ1) is 26.6. The number of H-pyrrole nitrogens is 1. The third kappa shape index (κ3) is 5.60. The molecule has 200 valence electrons. The first-order valence-electron chi connectivity index (χ1n) is 11.0. The molecule has 0 radical (unpaired) electrons. The summed E-state index contributed by atoms with van der Waals surface area (Å²) in [5, 5.41) is 4.84. The van der Waals surface area contributed by atoms with Crippen molar-refractivity contribution in [1.82, 2.24) is 29.7 Å². The monoisotopic (exact) mass is 538 g/mol. The standard InChI is InChI=1S/C23H19F5N6O4/c1-11(38-18-8-32-33-21(35)19(18)23(26,27)28)3-12(24)9-34-10-31-17-5-14(16(25)4-15(17)22(34)36)20-29-6-13(37-2)7-30-20/h4-8,10-12H,3,9H2,1-2H3,(H,33,35)/t11-,12-/m1/s1. The molecule has 0 bridgehead atoms. The van der Waals surface area contributed by atoms with Gasteiger partial charge in [0.1, 0.15) is 12.0 Å². The zero-order valence-corrected chi connectivity index (χ0v) is 19.8. The van der Waals surface area contributed by atoms with Gasteiger partial charge >= 0.3 is 6.18 Å². The quantitative estimate of drug-likeness (QED) is 0.339. The Morgan fingerprint density at radius 2 is 1.82 bits per heavy atom. The molecule has 38 heavy (non-hydrogen) atoms. The van der Waals surface area contributed by atoms with Gasteiger partial charge in [-0.25, -0.2) is 28.8 Å². The van der Waals surface area contributed by atoms with Crippen LogP contribution >= 0.6 is 0 Å². The van der Waals surface area contributed by atoms with E-state index in [0.29, 0.717) is 11.9 Å². The van der Waals surface area contributed by atoms with Crippen LogP contribution in [0.4, 0.5) is 22.0 Å². The Balaban J connectivity index is 1.51. The fraction of sp³-hybridized carbons (Fsp3) is 0.304. The van der Waals surface area contributed by atoms with Gasteiger partial charge in [-0.05, 0) is 19.1 Å². The SMILES string of the molecule is COc1cnc(-c2cc3ncn(C[C@H](F)C[C@@H](C)Oc4cn[nH]c(=O)c4C(F)(F)F)c(=O)c3cc2F)nc1. The van der Waals surface area contributed by atoms with E-state index in [2.05, 4.69) is 20.1 Å². The van der Waals surface area contributed by atoms with Crippen molar-refractivity contribution in [3.8, 4) is 22.9 Å². The van der Waals surface area contributed by atoms with E-state index < -0.39 is 59.7 Å². The zero-order valence-electron chi connectivity index (χ0n) is 19.8. The van der Waals surface area contributed by atoms with Gasteiger partial charge in [0.05, 0.1) is 61.1 Å². The summed E-state index contributed by atoms with van der Waals surface area (Å²) in [5.41, 5.74) is -3.71. The van der Waals surface area contributed by atoms with Crippen molar-refractivity contribution < 1.29 is 31.4 Å². The minimum atomic E-state index is -5.01. The lowest BCUT2D eigenvalue weighted by atomic mass is 10.1. The van der Waals surface area contributed by atoms with Crippen molar-refractivity contribution in [3.05, 3.63) is 69.1 Å². The Morgan fingerprint density at radius 3 is 2.47 bits per heavy atom. The van der Waals surface area contributed by atoms with Crippen molar-refractivity contribution in [2.24, 2.45) is 0 Å². The average Bonchev–Trinajstić information content (AvgIpc) is 2.85. The molecule has 0 amide bonds. The first-order valence-corrected chi connectivity index (χ1v) is 11.0. The van der Waals surface area contributed by atoms with Crippen LogP contribution in [0, 0.1) is 5.82 Å². The number of hydrogen-bond acceptors (Lipinski definition) is 8. The summed E-state index contributed by atoms with van der Waals surface area (Å²) in [7, 11) is 1.42. The van der Waals surface area contributed by atoms with Crippen LogP contribution in [-0.2, 0) is 12.7 Å². The zero-order chi connectivity index (χ0) is 27.6. The number of ether oxygens (including phenoxy) is 2. The molecule has 10 nitrogen and oxygen atoms in total. The molecule has 4 rings (SSSR count). The number of nitrogens with one attached hydrogen (secondary N) is 1. The van der Waals surface area contributed by atoms with Crippen LogP contribution in [0.1, 0.15) is 18.9 Å². The van der Waals surface area contributed by atoms with Crippen LogP contribution in [-0.4, -0.2) is 49.1 Å². The summed E-state index contributed by atoms with van der Waals surface area (Å²) in [6.07, 6.45) is -3.89. The lowest BCUT2D eigenvalue weighted by Crippen LogP contribution is -2.29. The summed E-state index contributed by atoms with van der Waals surface area (Å²) in [5.74, 6) is -1.24. The molecule has 0 spiro atoms. The Hall–Kier alpha value is -4.43. The maximum atomic E-state index is 14.8. The molecule has 15 heteroatoms. The highest BCUT2D eigenvalue weighted by Gasteiger charge is 2.38. The molecule has 1 aromatic carbocycles. The number of alkyl halides is 4. The van der Waals surface area contributed by atoms with Crippen molar-refractivity contribution in [2.75, 3.05) is 7.11 Å². The molecule has 0 saturated carbocycles. The van der Waals surface area contributed by atoms with Crippen LogP contribution in [0.2, 0.25) is 0 Å². The molecule has 0 saturated heterocycles. The second-order valence-electron chi connectivity index (χ2n) is 8.20. The van der Waals surface area contributed by atoms with Gasteiger partial charge in [-0.15, -0.1) is 0 Å². The number of methoxy groups -OCH3 is 1. The molecule has 0 aliphatic heterocycles.